The molecule has 6 nitrogen and oxygen atoms in total. The lowest BCUT2D eigenvalue weighted by Crippen LogP contribution is -2.01. The van der Waals surface area contributed by atoms with Crippen LogP contribution in [0.5, 0.6) is 0 Å². The Morgan fingerprint density at radius 1 is 0.288 bits per heavy atom. The number of hydrogen-bond acceptors (Lipinski definition) is 16. The number of thiophene rings is 10. The molecule has 2 amide bonds. The van der Waals surface area contributed by atoms with Crippen LogP contribution in [0.15, 0.2) is 105 Å². The number of aryl methyl sites for hydroxylation is 4. The summed E-state index contributed by atoms with van der Waals surface area (Å²) in [6.45, 7) is 24.5. The van der Waals surface area contributed by atoms with E-state index in [0.29, 0.717) is 45.3 Å². The van der Waals surface area contributed by atoms with Gasteiger partial charge in [0.05, 0.1) is 23.0 Å². The number of thioether (sulfide) groups is 2. The third-order valence-electron chi connectivity index (χ3n) is 26.6. The van der Waals surface area contributed by atoms with Crippen LogP contribution in [0.3, 0.4) is 0 Å². The number of aliphatic imine (C=N–C) groups is 2. The van der Waals surface area contributed by atoms with Gasteiger partial charge < -0.3 is 9.47 Å². The van der Waals surface area contributed by atoms with Crippen molar-refractivity contribution in [2.75, 3.05) is 13.2 Å². The summed E-state index contributed by atoms with van der Waals surface area (Å²) < 4.78 is 15.1. The third kappa shape index (κ3) is 30.1. The summed E-state index contributed by atoms with van der Waals surface area (Å²) in [6.07, 6.45) is 65.2. The normalized spacial score (nSPS) is 14.2. The highest BCUT2D eigenvalue weighted by atomic mass is 32.2. The molecule has 0 saturated carbocycles. The molecular formula is C114H152N2O4S12. The number of rotatable bonds is 64. The highest BCUT2D eigenvalue weighted by Crippen LogP contribution is 2.58. The maximum absolute atomic E-state index is 13.6. The number of carbonyl (C=O) groups is 2. The average molecular weight is 2000 g/mol. The SMILES string of the molecule is CCCCCCCCOC1=NC(=O)/C(=C/c2cc(CCCCCCCC)c(-c3ccc(-c4sc(-c5cc6c(-c7ccc(CC(CC)CCCC)s7)c7sc(-c8cc(CCCCCCCC)c(-c9ccc(-c%10sc(/C=C%11\SC(OCCCCCCCC)=NC%11=O)cc%10CCCCCCCC)s9)s8)cc7c(-c7ccc(CC(CC)CCCC)s7)c6s5)cc4CCCCCCCC)s3)s2)S1. The number of hydrogen-bond donors (Lipinski definition) is 0. The Hall–Kier alpha value is -4.80. The van der Waals surface area contributed by atoms with Crippen molar-refractivity contribution in [1.29, 1.82) is 0 Å². The maximum Gasteiger partial charge on any atom is 0.287 e. The molecule has 0 bridgehead atoms. The molecule has 18 heteroatoms. The van der Waals surface area contributed by atoms with Crippen LogP contribution < -0.4 is 0 Å². The van der Waals surface area contributed by atoms with Gasteiger partial charge in [-0.05, 0) is 232 Å². The molecule has 11 aromatic rings. The minimum Gasteiger partial charge on any atom is -0.472 e. The van der Waals surface area contributed by atoms with Gasteiger partial charge in [-0.2, -0.15) is 9.98 Å². The first-order chi connectivity index (χ1) is 64.8. The van der Waals surface area contributed by atoms with Crippen LogP contribution in [0.1, 0.15) is 394 Å². The molecule has 10 aromatic heterocycles. The van der Waals surface area contributed by atoms with Crippen LogP contribution in [0, 0.1) is 11.8 Å². The van der Waals surface area contributed by atoms with Crippen LogP contribution >= 0.6 is 137 Å². The molecule has 714 valence electrons. The minimum absolute atomic E-state index is 0.185. The lowest BCUT2D eigenvalue weighted by atomic mass is 9.95. The van der Waals surface area contributed by atoms with E-state index in [4.69, 9.17) is 9.47 Å². The van der Waals surface area contributed by atoms with Crippen molar-refractivity contribution in [3.8, 4) is 79.4 Å². The Kier molecular flexibility index (Phi) is 44.7. The highest BCUT2D eigenvalue weighted by molar-refractivity contribution is 8.18. The molecule has 0 fully saturated rings. The fourth-order valence-corrected chi connectivity index (χ4v) is 32.9. The number of amides is 2. The summed E-state index contributed by atoms with van der Waals surface area (Å²) in [4.78, 5) is 61.9. The van der Waals surface area contributed by atoms with Crippen molar-refractivity contribution < 1.29 is 19.1 Å². The van der Waals surface area contributed by atoms with E-state index in [1.165, 1.54) is 399 Å². The number of unbranched alkanes of at least 4 members (excludes halogenated alkanes) is 32. The Morgan fingerprint density at radius 2 is 0.583 bits per heavy atom. The Morgan fingerprint density at radius 3 is 0.917 bits per heavy atom. The first-order valence-corrected chi connectivity index (χ1v) is 61.9. The molecule has 2 aliphatic heterocycles. The van der Waals surface area contributed by atoms with E-state index in [2.05, 4.69) is 222 Å². The number of fused-ring (bicyclic) bond motifs is 2. The zero-order valence-electron chi connectivity index (χ0n) is 81.6. The molecule has 13 rings (SSSR count). The highest BCUT2D eigenvalue weighted by Gasteiger charge is 2.31. The van der Waals surface area contributed by atoms with Crippen LogP contribution in [-0.2, 0) is 57.6 Å². The quantitative estimate of drug-likeness (QED) is 0.0279. The van der Waals surface area contributed by atoms with E-state index in [-0.39, 0.29) is 11.8 Å². The topological polar surface area (TPSA) is 77.3 Å². The van der Waals surface area contributed by atoms with E-state index in [0.717, 1.165) is 86.8 Å². The number of ether oxygens (including phenoxy) is 2. The molecule has 2 aliphatic rings. The zero-order chi connectivity index (χ0) is 92.2. The summed E-state index contributed by atoms with van der Waals surface area (Å²) in [5.74, 6) is 0.977. The smallest absolute Gasteiger partial charge is 0.287 e. The van der Waals surface area contributed by atoms with Gasteiger partial charge in [-0.25, -0.2) is 0 Å². The second-order valence-corrected chi connectivity index (χ2v) is 50.3. The van der Waals surface area contributed by atoms with E-state index in [1.807, 2.05) is 68.0 Å². The second kappa shape index (κ2) is 56.4. The fourth-order valence-electron chi connectivity index (χ4n) is 18.7. The van der Waals surface area contributed by atoms with Crippen LogP contribution in [-0.4, -0.2) is 35.5 Å². The summed E-state index contributed by atoms with van der Waals surface area (Å²) in [7, 11) is 0. The van der Waals surface area contributed by atoms with Gasteiger partial charge >= 0.3 is 0 Å². The van der Waals surface area contributed by atoms with Crippen molar-refractivity contribution in [1.82, 2.24) is 0 Å². The van der Waals surface area contributed by atoms with Crippen molar-refractivity contribution in [3.05, 3.63) is 137 Å². The van der Waals surface area contributed by atoms with Crippen LogP contribution in [0.4, 0.5) is 0 Å². The molecule has 132 heavy (non-hydrogen) atoms. The molecule has 0 aliphatic carbocycles. The molecule has 2 atom stereocenters. The lowest BCUT2D eigenvalue weighted by Gasteiger charge is -2.13. The second-order valence-electron chi connectivity index (χ2n) is 37.4. The largest absolute Gasteiger partial charge is 0.472 e. The van der Waals surface area contributed by atoms with E-state index >= 15 is 0 Å². The van der Waals surface area contributed by atoms with E-state index in [9.17, 15) is 9.59 Å². The van der Waals surface area contributed by atoms with Crippen molar-refractivity contribution in [2.45, 2.75) is 390 Å². The molecule has 12 heterocycles. The van der Waals surface area contributed by atoms with Crippen molar-refractivity contribution in [2.24, 2.45) is 21.8 Å². The van der Waals surface area contributed by atoms with E-state index < -0.39 is 0 Å². The molecule has 0 spiro atoms. The predicted molar refractivity (Wildman–Crippen MR) is 601 cm³/mol. The predicted octanol–water partition coefficient (Wildman–Crippen LogP) is 41.8. The van der Waals surface area contributed by atoms with Crippen molar-refractivity contribution >= 4 is 191 Å². The Labute approximate surface area is 843 Å². The molecule has 0 N–H and O–H groups in total. The molecule has 0 saturated heterocycles. The Bertz CT molecular complexity index is 5090. The first-order valence-electron chi connectivity index (χ1n) is 52.1. The number of benzene rings is 1. The van der Waals surface area contributed by atoms with E-state index in [1.54, 1.807) is 0 Å². The van der Waals surface area contributed by atoms with Crippen LogP contribution in [0.2, 0.25) is 0 Å². The van der Waals surface area contributed by atoms with Gasteiger partial charge in [-0.3, -0.25) is 9.59 Å². The van der Waals surface area contributed by atoms with Gasteiger partial charge in [0.2, 0.25) is 0 Å². The van der Waals surface area contributed by atoms with Gasteiger partial charge in [0, 0.05) is 119 Å². The van der Waals surface area contributed by atoms with Gasteiger partial charge in [0.1, 0.15) is 0 Å². The molecule has 1 aromatic carbocycles. The first kappa shape index (κ1) is 105. The Balaban J connectivity index is 0.910. The molecule has 2 unspecified atom stereocenters. The lowest BCUT2D eigenvalue weighted by molar-refractivity contribution is -0.114. The summed E-state index contributed by atoms with van der Waals surface area (Å²) in [6, 6.07) is 35.3. The molecule has 0 radical (unpaired) electrons. The van der Waals surface area contributed by atoms with Crippen molar-refractivity contribution in [3.63, 3.8) is 0 Å². The molecular weight excluding hydrogens is 1850 g/mol. The average Bonchev–Trinajstić information content (AvgIpc) is 1.56. The zero-order valence-corrected chi connectivity index (χ0v) is 91.4. The van der Waals surface area contributed by atoms with Gasteiger partial charge in [0.25, 0.3) is 22.3 Å². The van der Waals surface area contributed by atoms with Gasteiger partial charge in [0.15, 0.2) is 0 Å². The van der Waals surface area contributed by atoms with Crippen LogP contribution in [0.25, 0.3) is 112 Å². The number of carbonyl (C=O) groups excluding carboxylic acids is 2. The monoisotopic (exact) mass is 2000 g/mol. The standard InChI is InChI=1S/C114H152N2O4S12/c1-11-21-29-35-41-47-55-81-71-87(75-101-111(117)115-113(131-101)119-67-51-45-39-33-25-15-5)123-105(81)93-63-65-95(125-93)107-83(57-49-43-37-31-23-13-3)73-97(127-107)99-77-89-103(91-61-59-85(121-91)69-79(19-9)53-27-17-7)110-90(104(109(89)129-99)92-62-60-86(122-92)70-80(20-10)54-28-18-8)78-100(130-110)98-74-84(58-50-44-38-32-24-14-4)108(128-98)96-66-64-94(126-96)106-82(56-48-42-36-30-22-12-2)72-88(124-106)76-102-112(118)116-114(132-102)120-68-52-46-40-34-26-16-6/h59-66,71-80H,11-58,67-70H2,1-10H3/b101-75-,102-76-. The number of nitrogens with zero attached hydrogens (tertiary/aromatic N) is 2. The summed E-state index contributed by atoms with van der Waals surface area (Å²) >= 11 is 22.9. The summed E-state index contributed by atoms with van der Waals surface area (Å²) in [5.41, 5.74) is 8.63. The minimum atomic E-state index is -0.185. The van der Waals surface area contributed by atoms with Gasteiger partial charge in [-0.15, -0.1) is 113 Å². The van der Waals surface area contributed by atoms with Gasteiger partial charge in [-0.1, -0.05) is 313 Å². The maximum atomic E-state index is 13.6. The third-order valence-corrected chi connectivity index (χ3v) is 40.8. The summed E-state index contributed by atoms with van der Waals surface area (Å²) in [5, 5.41) is 3.80. The fraction of sp³-hybridized carbons (Fsp3) is 0.561.